The summed E-state index contributed by atoms with van der Waals surface area (Å²) in [7, 11) is 1.51. The van der Waals surface area contributed by atoms with Gasteiger partial charge in [0.05, 0.1) is 6.54 Å². The number of carbonyl (C=O) groups excluding carboxylic acids is 2. The molecule has 3 rings (SSSR count). The van der Waals surface area contributed by atoms with E-state index in [1.807, 2.05) is 0 Å². The van der Waals surface area contributed by atoms with Gasteiger partial charge >= 0.3 is 0 Å². The molecule has 3 aromatic rings. The van der Waals surface area contributed by atoms with Crippen LogP contribution < -0.4 is 5.32 Å². The number of nitrogens with one attached hydrogen (secondary N) is 2. The first-order valence-electron chi connectivity index (χ1n) is 7.14. The molecule has 2 amide bonds. The van der Waals surface area contributed by atoms with Gasteiger partial charge in [-0.15, -0.1) is 0 Å². The van der Waals surface area contributed by atoms with Crippen molar-refractivity contribution in [2.75, 3.05) is 18.9 Å². The van der Waals surface area contributed by atoms with Crippen LogP contribution >= 0.6 is 0 Å². The second-order valence-electron chi connectivity index (χ2n) is 5.25. The molecule has 2 N–H and O–H groups in total. The van der Waals surface area contributed by atoms with Crippen LogP contribution in [0.1, 0.15) is 10.4 Å². The Morgan fingerprint density at radius 3 is 2.75 bits per heavy atom. The molecule has 0 aliphatic carbocycles. The monoisotopic (exact) mass is 327 g/mol. The zero-order valence-corrected chi connectivity index (χ0v) is 12.8. The first-order valence-corrected chi connectivity index (χ1v) is 7.14. The van der Waals surface area contributed by atoms with Crippen molar-refractivity contribution < 1.29 is 14.0 Å². The Morgan fingerprint density at radius 2 is 1.96 bits per heavy atom. The number of carbonyl (C=O) groups is 2. The highest BCUT2D eigenvalue weighted by molar-refractivity contribution is 6.00. The van der Waals surface area contributed by atoms with Gasteiger partial charge in [0.15, 0.2) is 0 Å². The number of H-pyrrole nitrogens is 1. The second-order valence-corrected chi connectivity index (χ2v) is 5.25. The van der Waals surface area contributed by atoms with Crippen LogP contribution in [-0.4, -0.2) is 45.7 Å². The number of anilines is 1. The van der Waals surface area contributed by atoms with E-state index in [-0.39, 0.29) is 12.5 Å². The molecule has 0 aliphatic heterocycles. The number of rotatable bonds is 4. The predicted molar refractivity (Wildman–Crippen MR) is 85.9 cm³/mol. The molecule has 122 valence electrons. The third kappa shape index (κ3) is 3.37. The van der Waals surface area contributed by atoms with Crippen molar-refractivity contribution in [3.63, 3.8) is 0 Å². The zero-order chi connectivity index (χ0) is 17.1. The van der Waals surface area contributed by atoms with Crippen molar-refractivity contribution >= 4 is 28.5 Å². The van der Waals surface area contributed by atoms with Gasteiger partial charge in [-0.25, -0.2) is 4.39 Å². The molecule has 1 heterocycles. The van der Waals surface area contributed by atoms with E-state index >= 15 is 0 Å². The smallest absolute Gasteiger partial charge is 0.254 e. The molecular formula is C16H14FN5O2. The van der Waals surface area contributed by atoms with Crippen LogP contribution in [0.5, 0.6) is 0 Å². The van der Waals surface area contributed by atoms with Gasteiger partial charge < -0.3 is 10.2 Å². The van der Waals surface area contributed by atoms with Gasteiger partial charge in [-0.05, 0) is 36.4 Å². The van der Waals surface area contributed by atoms with Crippen LogP contribution in [0.4, 0.5) is 10.1 Å². The van der Waals surface area contributed by atoms with Crippen molar-refractivity contribution in [3.8, 4) is 0 Å². The highest BCUT2D eigenvalue weighted by Gasteiger charge is 2.16. The maximum atomic E-state index is 13.1. The molecule has 0 atom stereocenters. The van der Waals surface area contributed by atoms with Crippen LogP contribution in [-0.2, 0) is 4.79 Å². The molecule has 7 nitrogen and oxygen atoms in total. The summed E-state index contributed by atoms with van der Waals surface area (Å²) in [5.41, 5.74) is 1.96. The van der Waals surface area contributed by atoms with Gasteiger partial charge in [-0.1, -0.05) is 6.07 Å². The molecule has 0 saturated heterocycles. The minimum Gasteiger partial charge on any atom is -0.332 e. The molecule has 24 heavy (non-hydrogen) atoms. The summed E-state index contributed by atoms with van der Waals surface area (Å²) in [5.74, 6) is -1.19. The van der Waals surface area contributed by atoms with Crippen LogP contribution in [0.3, 0.4) is 0 Å². The molecule has 0 radical (unpaired) electrons. The lowest BCUT2D eigenvalue weighted by molar-refractivity contribution is -0.116. The number of halogens is 1. The van der Waals surface area contributed by atoms with E-state index in [0.29, 0.717) is 22.3 Å². The number of hydrogen-bond donors (Lipinski definition) is 2. The Kier molecular flexibility index (Phi) is 4.19. The molecule has 0 aliphatic rings. The Labute approximate surface area is 136 Å². The molecule has 1 aromatic heterocycles. The van der Waals surface area contributed by atoms with Crippen LogP contribution in [0.15, 0.2) is 42.5 Å². The number of aromatic amines is 1. The summed E-state index contributed by atoms with van der Waals surface area (Å²) in [5, 5.41) is 12.9. The van der Waals surface area contributed by atoms with Gasteiger partial charge in [0.2, 0.25) is 5.91 Å². The van der Waals surface area contributed by atoms with Crippen molar-refractivity contribution in [2.24, 2.45) is 0 Å². The van der Waals surface area contributed by atoms with Crippen molar-refractivity contribution in [1.82, 2.24) is 20.3 Å². The maximum absolute atomic E-state index is 13.1. The van der Waals surface area contributed by atoms with E-state index in [1.54, 1.807) is 24.3 Å². The normalized spacial score (nSPS) is 10.6. The summed E-state index contributed by atoms with van der Waals surface area (Å²) >= 11 is 0. The molecule has 0 spiro atoms. The van der Waals surface area contributed by atoms with Gasteiger partial charge in [0.25, 0.3) is 5.91 Å². The topological polar surface area (TPSA) is 91.0 Å². The molecular weight excluding hydrogens is 313 g/mol. The first kappa shape index (κ1) is 15.6. The summed E-state index contributed by atoms with van der Waals surface area (Å²) < 4.78 is 13.1. The minimum atomic E-state index is -0.446. The molecule has 2 aromatic carbocycles. The van der Waals surface area contributed by atoms with Crippen LogP contribution in [0.2, 0.25) is 0 Å². The van der Waals surface area contributed by atoms with Crippen LogP contribution in [0, 0.1) is 5.82 Å². The number of likely N-dealkylation sites (N-methyl/N-ethyl adjacent to an activating group) is 1. The fourth-order valence-corrected chi connectivity index (χ4v) is 2.25. The van der Waals surface area contributed by atoms with Gasteiger partial charge in [0, 0.05) is 18.3 Å². The fourth-order valence-electron chi connectivity index (χ4n) is 2.25. The van der Waals surface area contributed by atoms with Crippen LogP contribution in [0.25, 0.3) is 11.0 Å². The highest BCUT2D eigenvalue weighted by atomic mass is 19.1. The van der Waals surface area contributed by atoms with E-state index in [1.165, 1.54) is 30.1 Å². The molecule has 0 bridgehead atoms. The molecule has 0 unspecified atom stereocenters. The lowest BCUT2D eigenvalue weighted by atomic mass is 10.2. The Morgan fingerprint density at radius 1 is 1.17 bits per heavy atom. The third-order valence-corrected chi connectivity index (χ3v) is 3.40. The third-order valence-electron chi connectivity index (χ3n) is 3.40. The second kappa shape index (κ2) is 6.45. The highest BCUT2D eigenvalue weighted by Crippen LogP contribution is 2.13. The number of amides is 2. The average molecular weight is 327 g/mol. The summed E-state index contributed by atoms with van der Waals surface area (Å²) in [6.07, 6.45) is 0. The van der Waals surface area contributed by atoms with E-state index in [0.717, 1.165) is 0 Å². The fraction of sp³-hybridized carbons (Fsp3) is 0.125. The number of fused-ring (bicyclic) bond motifs is 1. The Hall–Kier alpha value is -3.29. The van der Waals surface area contributed by atoms with Gasteiger partial charge in [-0.2, -0.15) is 15.4 Å². The quantitative estimate of drug-likeness (QED) is 0.764. The number of aromatic nitrogens is 3. The van der Waals surface area contributed by atoms with Gasteiger partial charge in [0.1, 0.15) is 16.9 Å². The van der Waals surface area contributed by atoms with Crippen molar-refractivity contribution in [1.29, 1.82) is 0 Å². The lowest BCUT2D eigenvalue weighted by Crippen LogP contribution is -2.34. The molecule has 8 heteroatoms. The lowest BCUT2D eigenvalue weighted by Gasteiger charge is -2.17. The number of hydrogen-bond acceptors (Lipinski definition) is 4. The number of benzene rings is 2. The van der Waals surface area contributed by atoms with Crippen molar-refractivity contribution in [3.05, 3.63) is 53.8 Å². The largest absolute Gasteiger partial charge is 0.332 e. The Bertz CT molecular complexity index is 908. The SMILES string of the molecule is CN(CC(=O)Nc1cccc(F)c1)C(=O)c1ccc2n[nH]nc2c1. The zero-order valence-electron chi connectivity index (χ0n) is 12.8. The molecule has 0 fully saturated rings. The summed E-state index contributed by atoms with van der Waals surface area (Å²) in [4.78, 5) is 25.6. The first-order chi connectivity index (χ1) is 11.5. The van der Waals surface area contributed by atoms with Crippen molar-refractivity contribution in [2.45, 2.75) is 0 Å². The summed E-state index contributed by atoms with van der Waals surface area (Å²) in [6, 6.07) is 10.4. The minimum absolute atomic E-state index is 0.161. The van der Waals surface area contributed by atoms with Gasteiger partial charge in [-0.3, -0.25) is 9.59 Å². The van der Waals surface area contributed by atoms with E-state index in [9.17, 15) is 14.0 Å². The van der Waals surface area contributed by atoms with E-state index in [2.05, 4.69) is 20.7 Å². The predicted octanol–water partition coefficient (Wildman–Crippen LogP) is 1.81. The average Bonchev–Trinajstić information content (AvgIpc) is 3.01. The Balaban J connectivity index is 1.65. The maximum Gasteiger partial charge on any atom is 0.254 e. The van der Waals surface area contributed by atoms with E-state index in [4.69, 9.17) is 0 Å². The molecule has 0 saturated carbocycles. The number of nitrogens with zero attached hydrogens (tertiary/aromatic N) is 3. The van der Waals surface area contributed by atoms with E-state index < -0.39 is 11.7 Å². The summed E-state index contributed by atoms with van der Waals surface area (Å²) in [6.45, 7) is -0.161. The standard InChI is InChI=1S/C16H14FN5O2/c1-22(9-15(23)18-12-4-2-3-11(17)8-12)16(24)10-5-6-13-14(7-10)20-21-19-13/h2-8H,9H2,1H3,(H,18,23)(H,19,20,21).